The summed E-state index contributed by atoms with van der Waals surface area (Å²) in [5.41, 5.74) is 5.28. The Hall–Kier alpha value is -1.40. The number of carboxylic acid groups (broad SMARTS) is 1. The van der Waals surface area contributed by atoms with Gasteiger partial charge < -0.3 is 15.7 Å². The van der Waals surface area contributed by atoms with E-state index in [1.807, 2.05) is 17.5 Å². The third-order valence-electron chi connectivity index (χ3n) is 2.11. The third kappa shape index (κ3) is 3.63. The van der Waals surface area contributed by atoms with Gasteiger partial charge in [0.2, 0.25) is 5.91 Å². The van der Waals surface area contributed by atoms with Gasteiger partial charge in [-0.25, -0.2) is 0 Å². The van der Waals surface area contributed by atoms with Crippen LogP contribution in [0.25, 0.3) is 0 Å². The number of nitrogens with two attached hydrogens (primary N) is 1. The van der Waals surface area contributed by atoms with Gasteiger partial charge in [0.25, 0.3) is 0 Å². The predicted molar refractivity (Wildman–Crippen MR) is 61.0 cm³/mol. The molecule has 5 nitrogen and oxygen atoms in total. The fourth-order valence-electron chi connectivity index (χ4n) is 1.16. The van der Waals surface area contributed by atoms with Gasteiger partial charge in [0, 0.05) is 11.9 Å². The molecular weight excluding hydrogens is 228 g/mol. The molecule has 88 valence electrons. The van der Waals surface area contributed by atoms with Gasteiger partial charge in [-0.1, -0.05) is 6.07 Å². The lowest BCUT2D eigenvalue weighted by atomic mass is 10.2. The number of nitrogens with zero attached hydrogens (tertiary/aromatic N) is 1. The fourth-order valence-corrected chi connectivity index (χ4v) is 1.91. The van der Waals surface area contributed by atoms with Gasteiger partial charge in [0.05, 0.1) is 13.0 Å². The smallest absolute Gasteiger partial charge is 0.321 e. The number of carbonyl (C=O) groups is 2. The molecular formula is C10H14N2O3S. The molecule has 0 bridgehead atoms. The summed E-state index contributed by atoms with van der Waals surface area (Å²) in [6, 6.07) is 2.70. The van der Waals surface area contributed by atoms with Crippen LogP contribution in [0.15, 0.2) is 17.5 Å². The van der Waals surface area contributed by atoms with Crippen molar-refractivity contribution >= 4 is 23.2 Å². The number of carboxylic acids is 1. The minimum atomic E-state index is -1.15. The van der Waals surface area contributed by atoms with Crippen molar-refractivity contribution in [1.29, 1.82) is 0 Å². The van der Waals surface area contributed by atoms with Crippen LogP contribution >= 0.6 is 11.3 Å². The molecule has 0 saturated carbocycles. The quantitative estimate of drug-likeness (QED) is 0.788. The van der Waals surface area contributed by atoms with E-state index in [1.54, 1.807) is 18.4 Å². The molecule has 3 N–H and O–H groups in total. The van der Waals surface area contributed by atoms with E-state index in [2.05, 4.69) is 0 Å². The number of amides is 1. The lowest BCUT2D eigenvalue weighted by molar-refractivity contribution is -0.142. The van der Waals surface area contributed by atoms with E-state index in [-0.39, 0.29) is 12.3 Å². The monoisotopic (exact) mass is 242 g/mol. The zero-order valence-electron chi connectivity index (χ0n) is 8.92. The molecule has 0 spiro atoms. The van der Waals surface area contributed by atoms with Crippen LogP contribution in [0, 0.1) is 0 Å². The van der Waals surface area contributed by atoms with Crippen LogP contribution in [0.3, 0.4) is 0 Å². The Morgan fingerprint density at radius 3 is 2.81 bits per heavy atom. The maximum Gasteiger partial charge on any atom is 0.321 e. The highest BCUT2D eigenvalue weighted by Gasteiger charge is 2.19. The molecule has 0 radical (unpaired) electrons. The molecule has 1 heterocycles. The summed E-state index contributed by atoms with van der Waals surface area (Å²) in [5, 5.41) is 10.5. The largest absolute Gasteiger partial charge is 0.480 e. The second kappa shape index (κ2) is 5.62. The average Bonchev–Trinajstić information content (AvgIpc) is 2.69. The van der Waals surface area contributed by atoms with Crippen LogP contribution in [-0.2, 0) is 16.1 Å². The molecule has 0 aliphatic carbocycles. The van der Waals surface area contributed by atoms with Gasteiger partial charge in [-0.05, 0) is 11.4 Å². The average molecular weight is 242 g/mol. The van der Waals surface area contributed by atoms with Crippen molar-refractivity contribution in [2.75, 3.05) is 7.05 Å². The number of carbonyl (C=O) groups excluding carboxylic acids is 1. The Balaban J connectivity index is 2.45. The van der Waals surface area contributed by atoms with E-state index >= 15 is 0 Å². The summed E-state index contributed by atoms with van der Waals surface area (Å²) < 4.78 is 0. The maximum atomic E-state index is 11.6. The Morgan fingerprint density at radius 2 is 2.31 bits per heavy atom. The fraction of sp³-hybridized carbons (Fsp3) is 0.400. The topological polar surface area (TPSA) is 83.6 Å². The first-order chi connectivity index (χ1) is 7.50. The molecule has 1 rings (SSSR count). The second-order valence-electron chi connectivity index (χ2n) is 3.48. The normalized spacial score (nSPS) is 12.1. The van der Waals surface area contributed by atoms with Crippen LogP contribution in [0.1, 0.15) is 11.3 Å². The van der Waals surface area contributed by atoms with Gasteiger partial charge in [0.1, 0.15) is 6.04 Å². The number of hydrogen-bond acceptors (Lipinski definition) is 4. The van der Waals surface area contributed by atoms with E-state index in [9.17, 15) is 9.59 Å². The van der Waals surface area contributed by atoms with Crippen molar-refractivity contribution in [2.45, 2.75) is 19.0 Å². The molecule has 0 aliphatic rings. The SMILES string of the molecule is CN(Cc1cccs1)C(=O)CC(N)C(=O)O. The van der Waals surface area contributed by atoms with Gasteiger partial charge in [0.15, 0.2) is 0 Å². The van der Waals surface area contributed by atoms with Crippen molar-refractivity contribution in [1.82, 2.24) is 4.90 Å². The molecule has 1 unspecified atom stereocenters. The van der Waals surface area contributed by atoms with Crippen LogP contribution in [0.5, 0.6) is 0 Å². The second-order valence-corrected chi connectivity index (χ2v) is 4.51. The van der Waals surface area contributed by atoms with Crippen molar-refractivity contribution in [3.8, 4) is 0 Å². The van der Waals surface area contributed by atoms with Gasteiger partial charge >= 0.3 is 5.97 Å². The van der Waals surface area contributed by atoms with E-state index in [4.69, 9.17) is 10.8 Å². The Kier molecular flexibility index (Phi) is 4.45. The van der Waals surface area contributed by atoms with Crippen molar-refractivity contribution in [3.05, 3.63) is 22.4 Å². The lowest BCUT2D eigenvalue weighted by Gasteiger charge is -2.17. The standard InChI is InChI=1S/C10H14N2O3S/c1-12(6-7-3-2-4-16-7)9(13)5-8(11)10(14)15/h2-4,8H,5-6,11H2,1H3,(H,14,15). The lowest BCUT2D eigenvalue weighted by Crippen LogP contribution is -2.37. The highest BCUT2D eigenvalue weighted by Crippen LogP contribution is 2.11. The predicted octanol–water partition coefficient (Wildman–Crippen LogP) is 0.508. The highest BCUT2D eigenvalue weighted by molar-refractivity contribution is 7.09. The van der Waals surface area contributed by atoms with Crippen LogP contribution in [0.4, 0.5) is 0 Å². The first kappa shape index (κ1) is 12.7. The molecule has 16 heavy (non-hydrogen) atoms. The summed E-state index contributed by atoms with van der Waals surface area (Å²) in [6.45, 7) is 0.489. The number of rotatable bonds is 5. The summed E-state index contributed by atoms with van der Waals surface area (Å²) in [5.74, 6) is -1.42. The van der Waals surface area contributed by atoms with Gasteiger partial charge in [-0.3, -0.25) is 9.59 Å². The van der Waals surface area contributed by atoms with E-state index in [1.165, 1.54) is 4.90 Å². The van der Waals surface area contributed by atoms with E-state index in [0.29, 0.717) is 6.54 Å². The Labute approximate surface area is 97.5 Å². The Morgan fingerprint density at radius 1 is 1.62 bits per heavy atom. The van der Waals surface area contributed by atoms with Crippen molar-refractivity contribution in [2.24, 2.45) is 5.73 Å². The zero-order valence-corrected chi connectivity index (χ0v) is 9.74. The highest BCUT2D eigenvalue weighted by atomic mass is 32.1. The number of thiophene rings is 1. The molecule has 1 atom stereocenters. The summed E-state index contributed by atoms with van der Waals surface area (Å²) in [6.07, 6.45) is -0.169. The zero-order chi connectivity index (χ0) is 12.1. The number of hydrogen-bond donors (Lipinski definition) is 2. The van der Waals surface area contributed by atoms with E-state index < -0.39 is 12.0 Å². The molecule has 0 saturated heterocycles. The third-order valence-corrected chi connectivity index (χ3v) is 2.97. The molecule has 1 aromatic heterocycles. The van der Waals surface area contributed by atoms with Crippen LogP contribution < -0.4 is 5.73 Å². The minimum Gasteiger partial charge on any atom is -0.480 e. The first-order valence-corrected chi connectivity index (χ1v) is 5.63. The maximum absolute atomic E-state index is 11.6. The van der Waals surface area contributed by atoms with Crippen LogP contribution in [0.2, 0.25) is 0 Å². The van der Waals surface area contributed by atoms with Crippen LogP contribution in [-0.4, -0.2) is 35.0 Å². The summed E-state index contributed by atoms with van der Waals surface area (Å²) in [7, 11) is 1.64. The molecule has 0 fully saturated rings. The van der Waals surface area contributed by atoms with E-state index in [0.717, 1.165) is 4.88 Å². The number of aliphatic carboxylic acids is 1. The molecule has 0 aliphatic heterocycles. The molecule has 1 aromatic rings. The van der Waals surface area contributed by atoms with Crippen molar-refractivity contribution < 1.29 is 14.7 Å². The van der Waals surface area contributed by atoms with Gasteiger partial charge in [-0.15, -0.1) is 11.3 Å². The summed E-state index contributed by atoms with van der Waals surface area (Å²) in [4.78, 5) is 24.6. The summed E-state index contributed by atoms with van der Waals surface area (Å²) >= 11 is 1.55. The molecule has 0 aromatic carbocycles. The Bertz CT molecular complexity index is 364. The molecule has 1 amide bonds. The minimum absolute atomic E-state index is 0.169. The van der Waals surface area contributed by atoms with Crippen molar-refractivity contribution in [3.63, 3.8) is 0 Å². The first-order valence-electron chi connectivity index (χ1n) is 4.75. The van der Waals surface area contributed by atoms with Gasteiger partial charge in [-0.2, -0.15) is 0 Å². The molecule has 6 heteroatoms.